The van der Waals surface area contributed by atoms with Crippen LogP contribution in [0, 0.1) is 17.2 Å². The molecule has 0 fully saturated rings. The van der Waals surface area contributed by atoms with Crippen LogP contribution in [0.2, 0.25) is 0 Å². The number of hydrogen-bond donors (Lipinski definition) is 1. The van der Waals surface area contributed by atoms with Gasteiger partial charge in [-0.25, -0.2) is 0 Å². The Kier molecular flexibility index (Phi) is 6.21. The van der Waals surface area contributed by atoms with Crippen molar-refractivity contribution in [1.82, 2.24) is 0 Å². The van der Waals surface area contributed by atoms with Gasteiger partial charge in [0.1, 0.15) is 0 Å². The fourth-order valence-electron chi connectivity index (χ4n) is 1.03. The van der Waals surface area contributed by atoms with Gasteiger partial charge in [0, 0.05) is 0 Å². The number of aliphatic hydroxyl groups excluding tert-OH is 1. The van der Waals surface area contributed by atoms with E-state index in [1.807, 2.05) is 13.8 Å². The van der Waals surface area contributed by atoms with E-state index in [2.05, 4.69) is 6.58 Å². The Labute approximate surface area is 79.6 Å². The summed E-state index contributed by atoms with van der Waals surface area (Å²) >= 11 is 0. The van der Waals surface area contributed by atoms with Crippen LogP contribution >= 0.6 is 0 Å². The molecule has 74 valence electrons. The number of rotatable bonds is 6. The van der Waals surface area contributed by atoms with Gasteiger partial charge in [-0.2, -0.15) is 5.26 Å². The Bertz CT molecular complexity index is 184. The smallest absolute Gasteiger partial charge is 0.166 e. The molecule has 0 rings (SSSR count). The van der Waals surface area contributed by atoms with Gasteiger partial charge in [-0.05, 0) is 12.3 Å². The average molecular weight is 183 g/mol. The van der Waals surface area contributed by atoms with Crippen molar-refractivity contribution in [3.8, 4) is 6.07 Å². The summed E-state index contributed by atoms with van der Waals surface area (Å²) in [5.74, 6) is 0.401. The van der Waals surface area contributed by atoms with Gasteiger partial charge in [-0.15, -0.1) is 6.58 Å². The predicted molar refractivity (Wildman–Crippen MR) is 51.0 cm³/mol. The Morgan fingerprint density at radius 3 is 2.62 bits per heavy atom. The minimum absolute atomic E-state index is 0.371. The molecule has 13 heavy (non-hydrogen) atoms. The molecule has 0 radical (unpaired) electrons. The maximum absolute atomic E-state index is 9.27. The molecule has 0 saturated heterocycles. The van der Waals surface area contributed by atoms with Crippen LogP contribution in [0.1, 0.15) is 20.3 Å². The summed E-state index contributed by atoms with van der Waals surface area (Å²) in [5.41, 5.74) is 0. The molecule has 0 aliphatic carbocycles. The van der Waals surface area contributed by atoms with Gasteiger partial charge in [0.25, 0.3) is 0 Å². The van der Waals surface area contributed by atoms with E-state index in [1.165, 1.54) is 0 Å². The van der Waals surface area contributed by atoms with E-state index in [4.69, 9.17) is 10.00 Å². The second-order valence-electron chi connectivity index (χ2n) is 3.36. The monoisotopic (exact) mass is 183 g/mol. The molecular formula is C10H17NO2. The second-order valence-corrected chi connectivity index (χ2v) is 3.36. The van der Waals surface area contributed by atoms with Crippen molar-refractivity contribution in [3.05, 3.63) is 12.7 Å². The van der Waals surface area contributed by atoms with Crippen molar-refractivity contribution in [2.24, 2.45) is 5.92 Å². The highest BCUT2D eigenvalue weighted by Gasteiger charge is 2.19. The molecule has 1 N–H and O–H groups in total. The van der Waals surface area contributed by atoms with Gasteiger partial charge in [0.05, 0.1) is 18.8 Å². The summed E-state index contributed by atoms with van der Waals surface area (Å²) in [5, 5.41) is 17.8. The zero-order chi connectivity index (χ0) is 10.3. The summed E-state index contributed by atoms with van der Waals surface area (Å²) in [4.78, 5) is 0. The lowest BCUT2D eigenvalue weighted by Crippen LogP contribution is -2.29. The van der Waals surface area contributed by atoms with Crippen molar-refractivity contribution in [1.29, 1.82) is 5.26 Å². The van der Waals surface area contributed by atoms with Gasteiger partial charge < -0.3 is 9.84 Å². The normalized spacial score (nSPS) is 15.0. The molecule has 2 atom stereocenters. The highest BCUT2D eigenvalue weighted by molar-refractivity contribution is 4.89. The first-order valence-corrected chi connectivity index (χ1v) is 4.42. The Morgan fingerprint density at radius 2 is 2.23 bits per heavy atom. The Balaban J connectivity index is 4.03. The first-order valence-electron chi connectivity index (χ1n) is 4.42. The number of hydrogen-bond acceptors (Lipinski definition) is 3. The molecule has 0 bridgehead atoms. The molecule has 3 heteroatoms. The minimum atomic E-state index is -1.04. The zero-order valence-corrected chi connectivity index (χ0v) is 8.23. The van der Waals surface area contributed by atoms with E-state index >= 15 is 0 Å². The van der Waals surface area contributed by atoms with Crippen LogP contribution < -0.4 is 0 Å². The molecule has 0 saturated carbocycles. The number of nitriles is 1. The molecule has 0 aliphatic heterocycles. The maximum Gasteiger partial charge on any atom is 0.166 e. The van der Waals surface area contributed by atoms with Crippen molar-refractivity contribution >= 4 is 0 Å². The van der Waals surface area contributed by atoms with E-state index in [1.54, 1.807) is 12.1 Å². The van der Waals surface area contributed by atoms with Gasteiger partial charge in [0.2, 0.25) is 0 Å². The van der Waals surface area contributed by atoms with Crippen LogP contribution in [0.4, 0.5) is 0 Å². The van der Waals surface area contributed by atoms with Gasteiger partial charge in [-0.3, -0.25) is 0 Å². The SMILES string of the molecule is C=CCO[C@@H](CC(C)C)[C@@H](O)C#N. The maximum atomic E-state index is 9.27. The molecule has 0 aliphatic rings. The molecule has 0 heterocycles. The highest BCUT2D eigenvalue weighted by Crippen LogP contribution is 2.11. The number of aliphatic hydroxyl groups is 1. The first kappa shape index (κ1) is 12.2. The third-order valence-electron chi connectivity index (χ3n) is 1.62. The van der Waals surface area contributed by atoms with Gasteiger partial charge in [0.15, 0.2) is 6.10 Å². The van der Waals surface area contributed by atoms with Crippen LogP contribution in [0.3, 0.4) is 0 Å². The quantitative estimate of drug-likeness (QED) is 0.501. The Morgan fingerprint density at radius 1 is 1.62 bits per heavy atom. The van der Waals surface area contributed by atoms with Crippen LogP contribution in [0.5, 0.6) is 0 Å². The third kappa shape index (κ3) is 5.40. The zero-order valence-electron chi connectivity index (χ0n) is 8.23. The summed E-state index contributed by atoms with van der Waals surface area (Å²) < 4.78 is 5.26. The summed E-state index contributed by atoms with van der Waals surface area (Å²) in [7, 11) is 0. The molecular weight excluding hydrogens is 166 g/mol. The molecule has 3 nitrogen and oxygen atoms in total. The van der Waals surface area contributed by atoms with Crippen LogP contribution in [-0.4, -0.2) is 23.9 Å². The molecule has 0 aromatic carbocycles. The van der Waals surface area contributed by atoms with Gasteiger partial charge in [-0.1, -0.05) is 19.9 Å². The molecule has 0 spiro atoms. The van der Waals surface area contributed by atoms with E-state index in [0.717, 1.165) is 0 Å². The lowest BCUT2D eigenvalue weighted by atomic mass is 10.0. The topological polar surface area (TPSA) is 53.2 Å². The van der Waals surface area contributed by atoms with Crippen LogP contribution in [0.15, 0.2) is 12.7 Å². The van der Waals surface area contributed by atoms with Crippen molar-refractivity contribution in [2.75, 3.05) is 6.61 Å². The van der Waals surface area contributed by atoms with Gasteiger partial charge >= 0.3 is 0 Å². The largest absolute Gasteiger partial charge is 0.375 e. The number of nitrogens with zero attached hydrogens (tertiary/aromatic N) is 1. The lowest BCUT2D eigenvalue weighted by molar-refractivity contribution is -0.0129. The van der Waals surface area contributed by atoms with E-state index in [0.29, 0.717) is 18.9 Å². The minimum Gasteiger partial charge on any atom is -0.375 e. The lowest BCUT2D eigenvalue weighted by Gasteiger charge is -2.19. The fraction of sp³-hybridized carbons (Fsp3) is 0.700. The highest BCUT2D eigenvalue weighted by atomic mass is 16.5. The summed E-state index contributed by atoms with van der Waals surface area (Å²) in [6.07, 6.45) is 0.852. The molecule has 0 unspecified atom stereocenters. The van der Waals surface area contributed by atoms with E-state index in [9.17, 15) is 5.11 Å². The van der Waals surface area contributed by atoms with Crippen molar-refractivity contribution in [3.63, 3.8) is 0 Å². The number of ether oxygens (including phenoxy) is 1. The van der Waals surface area contributed by atoms with Crippen molar-refractivity contribution in [2.45, 2.75) is 32.5 Å². The fourth-order valence-corrected chi connectivity index (χ4v) is 1.03. The van der Waals surface area contributed by atoms with Crippen molar-refractivity contribution < 1.29 is 9.84 Å². The third-order valence-corrected chi connectivity index (χ3v) is 1.62. The van der Waals surface area contributed by atoms with E-state index < -0.39 is 12.2 Å². The molecule has 0 aromatic heterocycles. The van der Waals surface area contributed by atoms with Crippen LogP contribution in [-0.2, 0) is 4.74 Å². The predicted octanol–water partition coefficient (Wildman–Crippen LogP) is 1.49. The van der Waals surface area contributed by atoms with E-state index in [-0.39, 0.29) is 0 Å². The second kappa shape index (κ2) is 6.64. The standard InChI is InChI=1S/C10H17NO2/c1-4-5-13-10(6-8(2)3)9(12)7-11/h4,8-10,12H,1,5-6H2,2-3H3/t9-,10-/m0/s1. The summed E-state index contributed by atoms with van der Waals surface area (Å²) in [6, 6.07) is 1.78. The average Bonchev–Trinajstić information content (AvgIpc) is 2.10. The summed E-state index contributed by atoms with van der Waals surface area (Å²) in [6.45, 7) is 7.92. The Hall–Kier alpha value is -0.850. The first-order chi connectivity index (χ1) is 6.11. The van der Waals surface area contributed by atoms with Crippen LogP contribution in [0.25, 0.3) is 0 Å². The molecule has 0 amide bonds. The molecule has 0 aromatic rings.